The third kappa shape index (κ3) is 8.51. The van der Waals surface area contributed by atoms with Gasteiger partial charge in [0.05, 0.1) is 17.5 Å². The van der Waals surface area contributed by atoms with Crippen molar-refractivity contribution in [3.63, 3.8) is 0 Å². The quantitative estimate of drug-likeness (QED) is 0.153. The van der Waals surface area contributed by atoms with Crippen molar-refractivity contribution >= 4 is 32.4 Å². The summed E-state index contributed by atoms with van der Waals surface area (Å²) in [6.07, 6.45) is 2.41. The summed E-state index contributed by atoms with van der Waals surface area (Å²) in [5.74, 6) is -0.0211. The molecule has 3 aromatic carbocycles. The Kier molecular flexibility index (Phi) is 11.9. The molecular formula is C31H44N4O4S. The third-order valence-electron chi connectivity index (χ3n) is 6.92. The second-order valence-corrected chi connectivity index (χ2v) is 12.5. The Morgan fingerprint density at radius 2 is 1.70 bits per heavy atom. The van der Waals surface area contributed by atoms with Crippen molar-refractivity contribution in [3.8, 4) is 0 Å². The average molecular weight is 569 g/mol. The number of anilines is 1. The molecule has 0 saturated heterocycles. The lowest BCUT2D eigenvalue weighted by molar-refractivity contribution is -0.123. The third-order valence-corrected chi connectivity index (χ3v) is 8.86. The normalized spacial score (nSPS) is 13.6. The van der Waals surface area contributed by atoms with E-state index in [1.165, 1.54) is 16.4 Å². The largest absolute Gasteiger partial charge is 0.399 e. The first-order chi connectivity index (χ1) is 19.2. The van der Waals surface area contributed by atoms with Crippen LogP contribution in [0.1, 0.15) is 45.6 Å². The highest BCUT2D eigenvalue weighted by atomic mass is 32.2. The number of nitrogen functional groups attached to an aromatic ring is 1. The van der Waals surface area contributed by atoms with Crippen LogP contribution in [-0.4, -0.2) is 62.1 Å². The van der Waals surface area contributed by atoms with Crippen molar-refractivity contribution in [1.29, 1.82) is 0 Å². The van der Waals surface area contributed by atoms with Crippen LogP contribution in [0.3, 0.4) is 0 Å². The van der Waals surface area contributed by atoms with Crippen LogP contribution in [0.4, 0.5) is 5.69 Å². The van der Waals surface area contributed by atoms with Crippen molar-refractivity contribution in [1.82, 2.24) is 14.9 Å². The summed E-state index contributed by atoms with van der Waals surface area (Å²) in [6, 6.07) is 19.4. The predicted octanol–water partition coefficient (Wildman–Crippen LogP) is 3.94. The number of fused-ring (bicyclic) bond motifs is 1. The molecule has 0 saturated carbocycles. The Balaban J connectivity index is 1.65. The monoisotopic (exact) mass is 568 g/mol. The molecule has 0 unspecified atom stereocenters. The molecule has 2 atom stereocenters. The Morgan fingerprint density at radius 3 is 2.38 bits per heavy atom. The van der Waals surface area contributed by atoms with Crippen LogP contribution >= 0.6 is 0 Å². The maximum absolute atomic E-state index is 13.5. The zero-order valence-electron chi connectivity index (χ0n) is 23.8. The van der Waals surface area contributed by atoms with Gasteiger partial charge < -0.3 is 21.5 Å². The highest BCUT2D eigenvalue weighted by molar-refractivity contribution is 7.89. The van der Waals surface area contributed by atoms with Gasteiger partial charge in [-0.3, -0.25) is 4.79 Å². The summed E-state index contributed by atoms with van der Waals surface area (Å²) in [4.78, 5) is 13.4. The molecule has 0 heterocycles. The second kappa shape index (κ2) is 15.1. The topological polar surface area (TPSA) is 125 Å². The maximum Gasteiger partial charge on any atom is 0.243 e. The SMILES string of the molecule is CCCN[C@@H](Cc1cccc2ccccc12)C(=O)NCCC[C@@H](CO)N(CC(C)C)S(=O)(=O)c1ccc(N)cc1. The zero-order valence-corrected chi connectivity index (χ0v) is 24.7. The summed E-state index contributed by atoms with van der Waals surface area (Å²) in [6.45, 7) is 7.03. The number of nitrogens with one attached hydrogen (secondary N) is 2. The lowest BCUT2D eigenvalue weighted by Gasteiger charge is -2.31. The summed E-state index contributed by atoms with van der Waals surface area (Å²) < 4.78 is 28.3. The summed E-state index contributed by atoms with van der Waals surface area (Å²) in [5.41, 5.74) is 7.34. The van der Waals surface area contributed by atoms with Gasteiger partial charge >= 0.3 is 0 Å². The van der Waals surface area contributed by atoms with Crippen LogP contribution in [0.2, 0.25) is 0 Å². The molecule has 0 bridgehead atoms. The fourth-order valence-corrected chi connectivity index (χ4v) is 6.65. The van der Waals surface area contributed by atoms with Crippen LogP contribution in [-0.2, 0) is 21.2 Å². The number of carbonyl (C=O) groups is 1. The van der Waals surface area contributed by atoms with Crippen LogP contribution < -0.4 is 16.4 Å². The van der Waals surface area contributed by atoms with E-state index >= 15 is 0 Å². The van der Waals surface area contributed by atoms with Gasteiger partial charge in [-0.1, -0.05) is 63.2 Å². The molecule has 5 N–H and O–H groups in total. The minimum atomic E-state index is -3.83. The number of aliphatic hydroxyl groups is 1. The van der Waals surface area contributed by atoms with Gasteiger partial charge in [-0.2, -0.15) is 4.31 Å². The molecular weight excluding hydrogens is 524 g/mol. The molecule has 0 spiro atoms. The Hall–Kier alpha value is -2.98. The highest BCUT2D eigenvalue weighted by Crippen LogP contribution is 2.23. The lowest BCUT2D eigenvalue weighted by Crippen LogP contribution is -2.47. The number of rotatable bonds is 16. The summed E-state index contributed by atoms with van der Waals surface area (Å²) >= 11 is 0. The van der Waals surface area contributed by atoms with Crippen molar-refractivity contribution in [2.45, 2.75) is 63.4 Å². The minimum absolute atomic E-state index is 0.0665. The van der Waals surface area contributed by atoms with E-state index in [-0.39, 0.29) is 35.9 Å². The molecule has 218 valence electrons. The molecule has 8 nitrogen and oxygen atoms in total. The van der Waals surface area contributed by atoms with Crippen molar-refractivity contribution in [3.05, 3.63) is 72.3 Å². The average Bonchev–Trinajstić information content (AvgIpc) is 2.94. The fourth-order valence-electron chi connectivity index (χ4n) is 4.84. The number of aliphatic hydroxyl groups excluding tert-OH is 1. The van der Waals surface area contributed by atoms with E-state index in [1.807, 2.05) is 32.0 Å². The molecule has 9 heteroatoms. The molecule has 3 rings (SSSR count). The van der Waals surface area contributed by atoms with E-state index in [0.717, 1.165) is 29.3 Å². The number of nitrogens with two attached hydrogens (primary N) is 1. The van der Waals surface area contributed by atoms with Gasteiger partial charge in [0.2, 0.25) is 15.9 Å². The molecule has 40 heavy (non-hydrogen) atoms. The first-order valence-corrected chi connectivity index (χ1v) is 15.6. The van der Waals surface area contributed by atoms with Gasteiger partial charge in [0.25, 0.3) is 0 Å². The van der Waals surface area contributed by atoms with Gasteiger partial charge in [0, 0.05) is 24.8 Å². The number of benzene rings is 3. The predicted molar refractivity (Wildman–Crippen MR) is 162 cm³/mol. The highest BCUT2D eigenvalue weighted by Gasteiger charge is 2.31. The van der Waals surface area contributed by atoms with E-state index in [2.05, 4.69) is 41.8 Å². The van der Waals surface area contributed by atoms with E-state index < -0.39 is 16.1 Å². The number of carbonyl (C=O) groups excluding carboxylic acids is 1. The van der Waals surface area contributed by atoms with Crippen molar-refractivity contribution < 1.29 is 18.3 Å². The standard InChI is InChI=1S/C31H44N4O4S/c1-4-18-33-30(20-25-11-7-10-24-9-5-6-13-29(24)25)31(37)34-19-8-12-27(22-36)35(21-23(2)3)40(38,39)28-16-14-26(32)15-17-28/h5-7,9-11,13-17,23,27,30,33,36H,4,8,12,18-22,32H2,1-3H3,(H,34,37)/t27-,30-/m0/s1. The molecule has 0 aliphatic heterocycles. The van der Waals surface area contributed by atoms with E-state index in [1.54, 1.807) is 12.1 Å². The number of nitrogens with zero attached hydrogens (tertiary/aromatic N) is 1. The second-order valence-electron chi connectivity index (χ2n) is 10.7. The van der Waals surface area contributed by atoms with Crippen LogP contribution in [0.5, 0.6) is 0 Å². The van der Waals surface area contributed by atoms with Crippen molar-refractivity contribution in [2.24, 2.45) is 5.92 Å². The van der Waals surface area contributed by atoms with Gasteiger partial charge in [-0.05, 0) is 78.7 Å². The zero-order chi connectivity index (χ0) is 29.1. The molecule has 0 fully saturated rings. The Bertz CT molecular complexity index is 1320. The lowest BCUT2D eigenvalue weighted by atomic mass is 9.98. The molecule has 0 radical (unpaired) electrons. The molecule has 0 aliphatic rings. The van der Waals surface area contributed by atoms with Gasteiger partial charge in [0.15, 0.2) is 0 Å². The molecule has 0 aromatic heterocycles. The van der Waals surface area contributed by atoms with Crippen molar-refractivity contribution in [2.75, 3.05) is 32.0 Å². The number of hydrogen-bond acceptors (Lipinski definition) is 6. The molecule has 1 amide bonds. The summed E-state index contributed by atoms with van der Waals surface area (Å²) in [5, 5.41) is 18.9. The maximum atomic E-state index is 13.5. The van der Waals surface area contributed by atoms with E-state index in [4.69, 9.17) is 5.73 Å². The fraction of sp³-hybridized carbons (Fsp3) is 0.452. The van der Waals surface area contributed by atoms with Gasteiger partial charge in [0.1, 0.15) is 0 Å². The summed E-state index contributed by atoms with van der Waals surface area (Å²) in [7, 11) is -3.83. The molecule has 3 aromatic rings. The number of hydrogen-bond donors (Lipinski definition) is 4. The van der Waals surface area contributed by atoms with Crippen LogP contribution in [0, 0.1) is 5.92 Å². The first kappa shape index (κ1) is 31.5. The smallest absolute Gasteiger partial charge is 0.243 e. The van der Waals surface area contributed by atoms with Gasteiger partial charge in [-0.25, -0.2) is 8.42 Å². The number of sulfonamides is 1. The van der Waals surface area contributed by atoms with Gasteiger partial charge in [-0.15, -0.1) is 0 Å². The first-order valence-electron chi connectivity index (χ1n) is 14.1. The Morgan fingerprint density at radius 1 is 1.00 bits per heavy atom. The minimum Gasteiger partial charge on any atom is -0.399 e. The van der Waals surface area contributed by atoms with Crippen LogP contribution in [0.15, 0.2) is 71.6 Å². The Labute approximate surface area is 239 Å². The number of amides is 1. The van der Waals surface area contributed by atoms with E-state index in [9.17, 15) is 18.3 Å². The molecule has 0 aliphatic carbocycles. The van der Waals surface area contributed by atoms with E-state index in [0.29, 0.717) is 31.5 Å². The van der Waals surface area contributed by atoms with Crippen LogP contribution in [0.25, 0.3) is 10.8 Å².